The number of aliphatic hydroxyl groups is 1. The Morgan fingerprint density at radius 3 is 2.96 bits per heavy atom. The van der Waals surface area contributed by atoms with Crippen LogP contribution in [0.25, 0.3) is 0 Å². The summed E-state index contributed by atoms with van der Waals surface area (Å²) in [5, 5.41) is 14.1. The first kappa shape index (κ1) is 14.8. The maximum absolute atomic E-state index is 12.7. The van der Waals surface area contributed by atoms with Gasteiger partial charge >= 0.3 is 6.09 Å². The fourth-order valence-electron chi connectivity index (χ4n) is 4.21. The Bertz CT molecular complexity index is 746. The molecule has 1 aliphatic heterocycles. The average molecular weight is 331 g/mol. The molecule has 0 radical (unpaired) electrons. The molecule has 3 aliphatic rings. The number of thioether (sulfide) groups is 1. The number of alkyl carbamates (subject to hydrolysis) is 1. The van der Waals surface area contributed by atoms with E-state index in [1.807, 2.05) is 30.3 Å². The molecule has 5 nitrogen and oxygen atoms in total. The lowest BCUT2D eigenvalue weighted by molar-refractivity contribution is -0.129. The number of nitrogens with one attached hydrogen (secondary N) is 1. The molecule has 4 rings (SSSR count). The van der Waals surface area contributed by atoms with E-state index >= 15 is 0 Å². The lowest BCUT2D eigenvalue weighted by Gasteiger charge is -2.53. The second-order valence-electron chi connectivity index (χ2n) is 6.22. The van der Waals surface area contributed by atoms with Gasteiger partial charge in [0.1, 0.15) is 11.6 Å². The van der Waals surface area contributed by atoms with Crippen molar-refractivity contribution in [2.75, 3.05) is 12.9 Å². The molecule has 1 aromatic rings. The summed E-state index contributed by atoms with van der Waals surface area (Å²) >= 11 is 1.61. The molecular formula is C17H17NO4S. The smallest absolute Gasteiger partial charge is 0.407 e. The van der Waals surface area contributed by atoms with Crippen LogP contribution in [0.2, 0.25) is 0 Å². The van der Waals surface area contributed by atoms with E-state index in [4.69, 9.17) is 0 Å². The van der Waals surface area contributed by atoms with Crippen LogP contribution in [0.5, 0.6) is 0 Å². The predicted molar refractivity (Wildman–Crippen MR) is 86.3 cm³/mol. The summed E-state index contributed by atoms with van der Waals surface area (Å²) in [6.45, 7) is 0. The fourth-order valence-corrected chi connectivity index (χ4v) is 5.78. The SMILES string of the molecule is COC(=O)NC1C(=O)C[C@]2(O)C3=CCSC31Cc1ccccc12. The number of ether oxygens (including phenoxy) is 1. The molecule has 1 amide bonds. The number of ketones is 1. The molecule has 120 valence electrons. The molecule has 1 fully saturated rings. The molecule has 2 N–H and O–H groups in total. The lowest BCUT2D eigenvalue weighted by atomic mass is 9.60. The number of fused-ring (bicyclic) bond motifs is 2. The van der Waals surface area contributed by atoms with Crippen LogP contribution in [0.3, 0.4) is 0 Å². The van der Waals surface area contributed by atoms with E-state index in [1.54, 1.807) is 11.8 Å². The number of carbonyl (C=O) groups is 2. The summed E-state index contributed by atoms with van der Waals surface area (Å²) in [7, 11) is 1.28. The van der Waals surface area contributed by atoms with Gasteiger partial charge in [-0.05, 0) is 23.1 Å². The van der Waals surface area contributed by atoms with Gasteiger partial charge in [-0.3, -0.25) is 4.79 Å². The van der Waals surface area contributed by atoms with Crippen molar-refractivity contribution >= 4 is 23.6 Å². The van der Waals surface area contributed by atoms with Crippen molar-refractivity contribution in [3.63, 3.8) is 0 Å². The van der Waals surface area contributed by atoms with Gasteiger partial charge in [-0.15, -0.1) is 11.8 Å². The number of carbonyl (C=O) groups excluding carboxylic acids is 2. The fraction of sp³-hybridized carbons (Fsp3) is 0.412. The second-order valence-corrected chi connectivity index (χ2v) is 7.58. The number of hydrogen-bond donors (Lipinski definition) is 2. The normalized spacial score (nSPS) is 34.3. The van der Waals surface area contributed by atoms with Gasteiger partial charge < -0.3 is 15.2 Å². The summed E-state index contributed by atoms with van der Waals surface area (Å²) in [5.74, 6) is 0.567. The number of rotatable bonds is 1. The Kier molecular flexibility index (Phi) is 3.12. The number of benzene rings is 1. The minimum atomic E-state index is -1.26. The quantitative estimate of drug-likeness (QED) is 0.764. The second kappa shape index (κ2) is 4.85. The zero-order chi connectivity index (χ0) is 16.2. The molecule has 2 unspecified atom stereocenters. The molecule has 0 spiro atoms. The van der Waals surface area contributed by atoms with E-state index in [0.717, 1.165) is 22.5 Å². The monoisotopic (exact) mass is 331 g/mol. The summed E-state index contributed by atoms with van der Waals surface area (Å²) in [6, 6.07) is 7.03. The van der Waals surface area contributed by atoms with Crippen molar-refractivity contribution in [2.24, 2.45) is 0 Å². The largest absolute Gasteiger partial charge is 0.453 e. The van der Waals surface area contributed by atoms with Crippen molar-refractivity contribution < 1.29 is 19.4 Å². The van der Waals surface area contributed by atoms with Gasteiger partial charge in [-0.25, -0.2) is 4.79 Å². The molecule has 3 atom stereocenters. The number of methoxy groups -OCH3 is 1. The first-order valence-electron chi connectivity index (χ1n) is 7.54. The summed E-state index contributed by atoms with van der Waals surface area (Å²) in [6.07, 6.45) is 1.99. The molecule has 1 heterocycles. The summed E-state index contributed by atoms with van der Waals surface area (Å²) in [5.41, 5.74) is 1.44. The minimum Gasteiger partial charge on any atom is -0.453 e. The molecule has 6 heteroatoms. The Labute approximate surface area is 138 Å². The predicted octanol–water partition coefficient (Wildman–Crippen LogP) is 1.54. The maximum Gasteiger partial charge on any atom is 0.407 e. The average Bonchev–Trinajstić information content (AvgIpc) is 2.97. The Balaban J connectivity index is 1.89. The highest BCUT2D eigenvalue weighted by atomic mass is 32.2. The molecular weight excluding hydrogens is 314 g/mol. The van der Waals surface area contributed by atoms with Crippen molar-refractivity contribution in [1.82, 2.24) is 5.32 Å². The van der Waals surface area contributed by atoms with Crippen LogP contribution in [0.15, 0.2) is 35.9 Å². The topological polar surface area (TPSA) is 75.6 Å². The van der Waals surface area contributed by atoms with Gasteiger partial charge in [0.05, 0.1) is 11.9 Å². The van der Waals surface area contributed by atoms with E-state index in [2.05, 4.69) is 10.1 Å². The number of Topliss-reactive ketones (excluding diaryl/α,β-unsaturated/α-hetero) is 1. The highest BCUT2D eigenvalue weighted by Crippen LogP contribution is 2.59. The van der Waals surface area contributed by atoms with E-state index in [-0.39, 0.29) is 12.2 Å². The van der Waals surface area contributed by atoms with Crippen molar-refractivity contribution in [2.45, 2.75) is 29.2 Å². The minimum absolute atomic E-state index is 0.0210. The van der Waals surface area contributed by atoms with E-state index < -0.39 is 22.5 Å². The van der Waals surface area contributed by atoms with E-state index in [9.17, 15) is 14.7 Å². The molecule has 2 aliphatic carbocycles. The van der Waals surface area contributed by atoms with Crippen LogP contribution >= 0.6 is 11.8 Å². The Morgan fingerprint density at radius 2 is 2.17 bits per heavy atom. The number of hydrogen-bond acceptors (Lipinski definition) is 5. The zero-order valence-electron chi connectivity index (χ0n) is 12.7. The zero-order valence-corrected chi connectivity index (χ0v) is 13.5. The van der Waals surface area contributed by atoms with Crippen LogP contribution in [-0.2, 0) is 21.6 Å². The van der Waals surface area contributed by atoms with Gasteiger partial charge in [-0.2, -0.15) is 0 Å². The van der Waals surface area contributed by atoms with Crippen LogP contribution < -0.4 is 5.32 Å². The highest BCUT2D eigenvalue weighted by Gasteiger charge is 2.63. The van der Waals surface area contributed by atoms with E-state index in [0.29, 0.717) is 6.42 Å². The van der Waals surface area contributed by atoms with E-state index in [1.165, 1.54) is 7.11 Å². The van der Waals surface area contributed by atoms with Gasteiger partial charge in [0, 0.05) is 12.2 Å². The van der Waals surface area contributed by atoms with Crippen LogP contribution in [0, 0.1) is 0 Å². The van der Waals surface area contributed by atoms with Gasteiger partial charge in [-0.1, -0.05) is 30.3 Å². The van der Waals surface area contributed by atoms with Crippen LogP contribution in [-0.4, -0.2) is 40.6 Å². The number of amides is 1. The molecule has 0 aromatic heterocycles. The summed E-state index contributed by atoms with van der Waals surface area (Å²) in [4.78, 5) is 24.5. The molecule has 1 aromatic carbocycles. The van der Waals surface area contributed by atoms with Crippen molar-refractivity contribution in [3.8, 4) is 0 Å². The lowest BCUT2D eigenvalue weighted by Crippen LogP contribution is -2.65. The van der Waals surface area contributed by atoms with Gasteiger partial charge in [0.15, 0.2) is 5.78 Å². The summed E-state index contributed by atoms with van der Waals surface area (Å²) < 4.78 is 4.07. The Morgan fingerprint density at radius 1 is 1.39 bits per heavy atom. The van der Waals surface area contributed by atoms with Crippen LogP contribution in [0.1, 0.15) is 17.5 Å². The van der Waals surface area contributed by atoms with Crippen molar-refractivity contribution in [3.05, 3.63) is 47.0 Å². The molecule has 2 bridgehead atoms. The standard InChI is InChI=1S/C17H17NO4S/c1-22-15(20)18-14-12(19)9-16(21)11-5-3-2-4-10(11)8-17(14)13(16)6-7-23-17/h2-6,14,21H,7-9H2,1H3,(H,18,20)/t14?,16-,17?/m1/s1. The molecule has 0 saturated heterocycles. The molecule has 23 heavy (non-hydrogen) atoms. The van der Waals surface area contributed by atoms with Crippen molar-refractivity contribution in [1.29, 1.82) is 0 Å². The third-order valence-corrected chi connectivity index (χ3v) is 6.56. The van der Waals surface area contributed by atoms with Gasteiger partial charge in [0.2, 0.25) is 0 Å². The third-order valence-electron chi connectivity index (χ3n) is 5.11. The first-order chi connectivity index (χ1) is 11.0. The van der Waals surface area contributed by atoms with Crippen LogP contribution in [0.4, 0.5) is 4.79 Å². The highest BCUT2D eigenvalue weighted by molar-refractivity contribution is 8.01. The van der Waals surface area contributed by atoms with Gasteiger partial charge in [0.25, 0.3) is 0 Å². The maximum atomic E-state index is 12.7. The first-order valence-corrected chi connectivity index (χ1v) is 8.53. The molecule has 1 saturated carbocycles. The third kappa shape index (κ3) is 1.85. The Hall–Kier alpha value is -1.79.